The molecule has 0 saturated heterocycles. The molecule has 0 bridgehead atoms. The van der Waals surface area contributed by atoms with Crippen molar-refractivity contribution in [1.82, 2.24) is 0 Å². The predicted molar refractivity (Wildman–Crippen MR) is 46.5 cm³/mol. The van der Waals surface area contributed by atoms with Crippen molar-refractivity contribution in [3.8, 4) is 0 Å². The van der Waals surface area contributed by atoms with Crippen molar-refractivity contribution < 1.29 is 4.84 Å². The molecule has 12 heavy (non-hydrogen) atoms. The predicted octanol–water partition coefficient (Wildman–Crippen LogP) is 2.32. The lowest BCUT2D eigenvalue weighted by atomic mass is 10.1. The summed E-state index contributed by atoms with van der Waals surface area (Å²) < 4.78 is 0. The highest BCUT2D eigenvalue weighted by Gasteiger charge is 2.03. The molecule has 0 amide bonds. The Hall–Kier alpha value is -1.38. The minimum atomic E-state index is -0.148. The molecule has 3 heteroatoms. The number of hydrogen-bond donors (Lipinski definition) is 0. The van der Waals surface area contributed by atoms with Gasteiger partial charge >= 0.3 is 0 Å². The Morgan fingerprint density at radius 3 is 2.67 bits per heavy atom. The van der Waals surface area contributed by atoms with Crippen LogP contribution in [0.1, 0.15) is 12.5 Å². The Morgan fingerprint density at radius 2 is 2.08 bits per heavy atom. The quantitative estimate of drug-likeness (QED) is 0.507. The average molecular weight is 165 g/mol. The van der Waals surface area contributed by atoms with Crippen LogP contribution in [0.4, 0.5) is 0 Å². The lowest BCUT2D eigenvalue weighted by Crippen LogP contribution is -2.07. The normalized spacial score (nSPS) is 12.1. The summed E-state index contributed by atoms with van der Waals surface area (Å²) in [5.74, 6) is 0. The van der Waals surface area contributed by atoms with Crippen molar-refractivity contribution in [2.45, 2.75) is 19.4 Å². The Morgan fingerprint density at radius 1 is 1.42 bits per heavy atom. The zero-order chi connectivity index (χ0) is 8.81. The van der Waals surface area contributed by atoms with Crippen LogP contribution < -0.4 is 0 Å². The SMILES string of the molecule is CC(Cc1ccccc1)ON=O. The third-order valence-corrected chi connectivity index (χ3v) is 1.59. The zero-order valence-electron chi connectivity index (χ0n) is 6.93. The van der Waals surface area contributed by atoms with E-state index in [4.69, 9.17) is 0 Å². The maximum Gasteiger partial charge on any atom is 0.155 e. The lowest BCUT2D eigenvalue weighted by Gasteiger charge is -2.05. The van der Waals surface area contributed by atoms with Crippen molar-refractivity contribution >= 4 is 0 Å². The maximum atomic E-state index is 9.73. The van der Waals surface area contributed by atoms with Crippen LogP contribution in [-0.2, 0) is 11.3 Å². The Balaban J connectivity index is 2.46. The van der Waals surface area contributed by atoms with Crippen LogP contribution in [-0.4, -0.2) is 6.10 Å². The van der Waals surface area contributed by atoms with Gasteiger partial charge in [-0.1, -0.05) is 30.3 Å². The molecule has 0 heterocycles. The van der Waals surface area contributed by atoms with E-state index in [1.807, 2.05) is 37.3 Å². The molecule has 0 radical (unpaired) electrons. The molecule has 0 N–H and O–H groups in total. The first-order valence-electron chi connectivity index (χ1n) is 3.85. The van der Waals surface area contributed by atoms with E-state index in [0.717, 1.165) is 5.56 Å². The van der Waals surface area contributed by atoms with Crippen LogP contribution in [0.2, 0.25) is 0 Å². The molecule has 0 saturated carbocycles. The summed E-state index contributed by atoms with van der Waals surface area (Å²) >= 11 is 0. The van der Waals surface area contributed by atoms with Gasteiger partial charge in [0.1, 0.15) is 6.10 Å². The summed E-state index contributed by atoms with van der Waals surface area (Å²) in [6, 6.07) is 9.84. The fraction of sp³-hybridized carbons (Fsp3) is 0.333. The molecule has 3 nitrogen and oxygen atoms in total. The van der Waals surface area contributed by atoms with Crippen LogP contribution in [0.3, 0.4) is 0 Å². The van der Waals surface area contributed by atoms with Crippen LogP contribution in [0, 0.1) is 4.91 Å². The van der Waals surface area contributed by atoms with Gasteiger partial charge in [0.25, 0.3) is 0 Å². The van der Waals surface area contributed by atoms with E-state index in [1.54, 1.807) is 0 Å². The Bertz CT molecular complexity index is 236. The second-order valence-electron chi connectivity index (χ2n) is 2.68. The van der Waals surface area contributed by atoms with E-state index < -0.39 is 0 Å². The summed E-state index contributed by atoms with van der Waals surface area (Å²) in [5, 5.41) is 2.38. The van der Waals surface area contributed by atoms with Gasteiger partial charge in [0.15, 0.2) is 5.34 Å². The zero-order valence-corrected chi connectivity index (χ0v) is 6.93. The monoisotopic (exact) mass is 165 g/mol. The van der Waals surface area contributed by atoms with Crippen LogP contribution in [0.25, 0.3) is 0 Å². The minimum Gasteiger partial charge on any atom is -0.361 e. The van der Waals surface area contributed by atoms with Crippen molar-refractivity contribution in [2.24, 2.45) is 5.34 Å². The summed E-state index contributed by atoms with van der Waals surface area (Å²) in [7, 11) is 0. The minimum absolute atomic E-state index is 0.148. The van der Waals surface area contributed by atoms with Gasteiger partial charge in [-0.05, 0) is 12.5 Å². The Labute approximate surface area is 71.3 Å². The fourth-order valence-corrected chi connectivity index (χ4v) is 1.06. The van der Waals surface area contributed by atoms with E-state index in [9.17, 15) is 4.91 Å². The topological polar surface area (TPSA) is 38.7 Å². The van der Waals surface area contributed by atoms with Gasteiger partial charge in [0.2, 0.25) is 0 Å². The molecule has 1 aromatic rings. The summed E-state index contributed by atoms with van der Waals surface area (Å²) in [6.07, 6.45) is 0.567. The molecule has 1 atom stereocenters. The molecule has 0 aliphatic heterocycles. The number of rotatable bonds is 4. The van der Waals surface area contributed by atoms with E-state index in [-0.39, 0.29) is 6.10 Å². The smallest absolute Gasteiger partial charge is 0.155 e. The molecule has 1 rings (SSSR count). The van der Waals surface area contributed by atoms with Gasteiger partial charge in [0.05, 0.1) is 0 Å². The molecule has 0 aliphatic carbocycles. The third kappa shape index (κ3) is 2.70. The number of hydrogen-bond acceptors (Lipinski definition) is 3. The molecule has 64 valence electrons. The van der Waals surface area contributed by atoms with E-state index in [2.05, 4.69) is 10.2 Å². The molecule has 0 spiro atoms. The van der Waals surface area contributed by atoms with Crippen molar-refractivity contribution in [3.63, 3.8) is 0 Å². The van der Waals surface area contributed by atoms with Gasteiger partial charge in [-0.3, -0.25) is 0 Å². The summed E-state index contributed by atoms with van der Waals surface area (Å²) in [4.78, 5) is 14.2. The highest BCUT2D eigenvalue weighted by molar-refractivity contribution is 5.15. The summed E-state index contributed by atoms with van der Waals surface area (Å²) in [6.45, 7) is 1.81. The highest BCUT2D eigenvalue weighted by Crippen LogP contribution is 2.05. The second kappa shape index (κ2) is 4.49. The largest absolute Gasteiger partial charge is 0.361 e. The van der Waals surface area contributed by atoms with Gasteiger partial charge < -0.3 is 4.84 Å². The molecule has 0 aliphatic rings. The first-order chi connectivity index (χ1) is 5.83. The van der Waals surface area contributed by atoms with Crippen molar-refractivity contribution in [2.75, 3.05) is 0 Å². The molecule has 1 unspecified atom stereocenters. The van der Waals surface area contributed by atoms with Crippen LogP contribution in [0.15, 0.2) is 35.7 Å². The highest BCUT2D eigenvalue weighted by atomic mass is 16.7. The maximum absolute atomic E-state index is 9.73. The third-order valence-electron chi connectivity index (χ3n) is 1.59. The van der Waals surface area contributed by atoms with E-state index in [0.29, 0.717) is 6.42 Å². The summed E-state index contributed by atoms with van der Waals surface area (Å²) in [5.41, 5.74) is 1.15. The Kier molecular flexibility index (Phi) is 3.26. The molecular weight excluding hydrogens is 154 g/mol. The average Bonchev–Trinajstić information content (AvgIpc) is 2.06. The van der Waals surface area contributed by atoms with Gasteiger partial charge in [-0.15, -0.1) is 4.91 Å². The number of benzene rings is 1. The van der Waals surface area contributed by atoms with E-state index >= 15 is 0 Å². The molecule has 0 aromatic heterocycles. The number of nitrogens with zero attached hydrogens (tertiary/aromatic N) is 1. The van der Waals surface area contributed by atoms with E-state index in [1.165, 1.54) is 0 Å². The molecule has 1 aromatic carbocycles. The standard InChI is InChI=1S/C9H11NO2/c1-8(12-10-11)7-9-5-3-2-4-6-9/h2-6,8H,7H2,1H3. The van der Waals surface area contributed by atoms with Crippen molar-refractivity contribution in [3.05, 3.63) is 40.8 Å². The van der Waals surface area contributed by atoms with Crippen LogP contribution >= 0.6 is 0 Å². The van der Waals surface area contributed by atoms with Crippen LogP contribution in [0.5, 0.6) is 0 Å². The first kappa shape index (κ1) is 8.71. The fourth-order valence-electron chi connectivity index (χ4n) is 1.06. The molecular formula is C9H11NO2. The van der Waals surface area contributed by atoms with Gasteiger partial charge in [-0.25, -0.2) is 0 Å². The molecule has 0 fully saturated rings. The van der Waals surface area contributed by atoms with Crippen molar-refractivity contribution in [1.29, 1.82) is 0 Å². The van der Waals surface area contributed by atoms with Gasteiger partial charge in [-0.2, -0.15) is 0 Å². The van der Waals surface area contributed by atoms with Gasteiger partial charge in [0, 0.05) is 6.42 Å². The second-order valence-corrected chi connectivity index (χ2v) is 2.68. The lowest BCUT2D eigenvalue weighted by molar-refractivity contribution is 0.0690. The first-order valence-corrected chi connectivity index (χ1v) is 3.85.